The summed E-state index contributed by atoms with van der Waals surface area (Å²) in [5.74, 6) is -4.44. The van der Waals surface area contributed by atoms with E-state index in [2.05, 4.69) is 49.0 Å². The maximum atomic E-state index is 13.8. The average Bonchev–Trinajstić information content (AvgIpc) is 3.04. The van der Waals surface area contributed by atoms with Crippen molar-refractivity contribution in [2.75, 3.05) is 26.2 Å². The molecular weight excluding hydrogens is 576 g/mol. The number of carbonyl (C=O) groups excluding carboxylic acids is 4. The molecule has 0 bridgehead atoms. The molecule has 46 heavy (non-hydrogen) atoms. The summed E-state index contributed by atoms with van der Waals surface area (Å²) in [5, 5.41) is 12.0. The predicted octanol–water partition coefficient (Wildman–Crippen LogP) is 7.98. The molecule has 0 saturated heterocycles. The van der Waals surface area contributed by atoms with Gasteiger partial charge < -0.3 is 21.3 Å². The second-order valence-electron chi connectivity index (χ2n) is 13.2. The molecule has 8 heteroatoms. The zero-order valence-corrected chi connectivity index (χ0v) is 30.7. The number of hydrogen-bond donors (Lipinski definition) is 4. The molecule has 4 amide bonds. The highest BCUT2D eigenvalue weighted by Crippen LogP contribution is 2.29. The zero-order chi connectivity index (χ0) is 34.3. The van der Waals surface area contributed by atoms with Crippen molar-refractivity contribution in [3.8, 4) is 0 Å². The van der Waals surface area contributed by atoms with E-state index >= 15 is 0 Å². The van der Waals surface area contributed by atoms with Gasteiger partial charge in [0.2, 0.25) is 23.6 Å². The van der Waals surface area contributed by atoms with Crippen molar-refractivity contribution in [2.45, 2.75) is 176 Å². The maximum Gasteiger partial charge on any atom is 0.232 e. The van der Waals surface area contributed by atoms with E-state index in [4.69, 9.17) is 0 Å². The second kappa shape index (κ2) is 31.5. The van der Waals surface area contributed by atoms with Gasteiger partial charge in [-0.2, -0.15) is 0 Å². The Labute approximate surface area is 283 Å². The van der Waals surface area contributed by atoms with Crippen LogP contribution >= 0.6 is 0 Å². The van der Waals surface area contributed by atoms with E-state index in [1.54, 1.807) is 0 Å². The van der Waals surface area contributed by atoms with Crippen LogP contribution in [0.4, 0.5) is 0 Å². The molecule has 0 heterocycles. The standard InChI is InChI=1S/C38H74N4O4/c1-6-11-15-19-23-28-39-35(43)33(36(44)40-29-24-20-16-12-7-2)32(27-10-5)34(37(45)41-30-25-21-17-13-8-3)38(46)42-31-26-22-18-14-9-4/h32-34H,6-31H2,1-5H3,(H,39,43)(H,40,44)(H,41,45)(H,42,46). The Bertz CT molecular complexity index is 660. The molecule has 0 aliphatic rings. The van der Waals surface area contributed by atoms with E-state index in [9.17, 15) is 19.2 Å². The summed E-state index contributed by atoms with van der Waals surface area (Å²) >= 11 is 0. The minimum Gasteiger partial charge on any atom is -0.355 e. The first kappa shape index (κ1) is 43.9. The number of hydrogen-bond acceptors (Lipinski definition) is 4. The number of nitrogens with one attached hydrogen (secondary N) is 4. The maximum absolute atomic E-state index is 13.8. The molecule has 0 atom stereocenters. The number of amides is 4. The van der Waals surface area contributed by atoms with Crippen LogP contribution in [-0.2, 0) is 19.2 Å². The highest BCUT2D eigenvalue weighted by Gasteiger charge is 2.44. The topological polar surface area (TPSA) is 116 Å². The SMILES string of the molecule is CCCCCCCNC(=O)C(C(=O)NCCCCCCC)C(CCC)C(C(=O)NCCCCCCC)C(=O)NCCCCCCC. The lowest BCUT2D eigenvalue weighted by molar-refractivity contribution is -0.144. The van der Waals surface area contributed by atoms with Crippen LogP contribution in [0, 0.1) is 17.8 Å². The molecule has 0 aromatic rings. The Hall–Kier alpha value is -2.12. The normalized spacial score (nSPS) is 11.3. The van der Waals surface area contributed by atoms with Crippen molar-refractivity contribution in [3.63, 3.8) is 0 Å². The van der Waals surface area contributed by atoms with Gasteiger partial charge in [-0.05, 0) is 38.0 Å². The molecule has 8 nitrogen and oxygen atoms in total. The molecule has 0 aromatic heterocycles. The van der Waals surface area contributed by atoms with Gasteiger partial charge in [-0.3, -0.25) is 19.2 Å². The van der Waals surface area contributed by atoms with Crippen LogP contribution < -0.4 is 21.3 Å². The molecule has 0 aromatic carbocycles. The van der Waals surface area contributed by atoms with Crippen molar-refractivity contribution >= 4 is 23.6 Å². The van der Waals surface area contributed by atoms with Crippen molar-refractivity contribution in [1.29, 1.82) is 0 Å². The Morgan fingerprint density at radius 3 is 0.804 bits per heavy atom. The van der Waals surface area contributed by atoms with Crippen LogP contribution in [0.2, 0.25) is 0 Å². The lowest BCUT2D eigenvalue weighted by Gasteiger charge is -2.31. The fourth-order valence-electron chi connectivity index (χ4n) is 6.08. The smallest absolute Gasteiger partial charge is 0.232 e. The van der Waals surface area contributed by atoms with E-state index in [1.807, 2.05) is 6.92 Å². The van der Waals surface area contributed by atoms with Crippen LogP contribution in [0.5, 0.6) is 0 Å². The third kappa shape index (κ3) is 21.6. The van der Waals surface area contributed by atoms with Crippen LogP contribution in [0.15, 0.2) is 0 Å². The summed E-state index contributed by atoms with van der Waals surface area (Å²) in [7, 11) is 0. The molecule has 4 N–H and O–H groups in total. The highest BCUT2D eigenvalue weighted by molar-refractivity contribution is 6.05. The Kier molecular flexibility index (Phi) is 30.0. The van der Waals surface area contributed by atoms with E-state index in [1.165, 1.54) is 25.7 Å². The van der Waals surface area contributed by atoms with Crippen LogP contribution in [-0.4, -0.2) is 49.8 Å². The lowest BCUT2D eigenvalue weighted by atomic mass is 9.76. The molecule has 0 rings (SSSR count). The molecule has 0 unspecified atom stereocenters. The summed E-state index contributed by atoms with van der Waals surface area (Å²) in [6.07, 6.45) is 22.3. The summed E-state index contributed by atoms with van der Waals surface area (Å²) < 4.78 is 0. The second-order valence-corrected chi connectivity index (χ2v) is 13.2. The predicted molar refractivity (Wildman–Crippen MR) is 192 cm³/mol. The Morgan fingerprint density at radius 1 is 0.348 bits per heavy atom. The van der Waals surface area contributed by atoms with Crippen molar-refractivity contribution in [2.24, 2.45) is 17.8 Å². The first-order valence-corrected chi connectivity index (χ1v) is 19.5. The van der Waals surface area contributed by atoms with Gasteiger partial charge in [0.05, 0.1) is 0 Å². The van der Waals surface area contributed by atoms with Gasteiger partial charge in [0, 0.05) is 26.2 Å². The van der Waals surface area contributed by atoms with E-state index in [0.717, 1.165) is 103 Å². The quantitative estimate of drug-likeness (QED) is 0.0436. The third-order valence-electron chi connectivity index (χ3n) is 8.93. The molecular formula is C38H74N4O4. The zero-order valence-electron chi connectivity index (χ0n) is 30.7. The molecule has 0 spiro atoms. The fraction of sp³-hybridized carbons (Fsp3) is 0.895. The largest absolute Gasteiger partial charge is 0.355 e. The summed E-state index contributed by atoms with van der Waals surface area (Å²) in [4.78, 5) is 55.2. The van der Waals surface area contributed by atoms with Gasteiger partial charge in [-0.1, -0.05) is 144 Å². The molecule has 270 valence electrons. The van der Waals surface area contributed by atoms with Crippen LogP contribution in [0.25, 0.3) is 0 Å². The molecule has 0 saturated carbocycles. The molecule has 0 fully saturated rings. The van der Waals surface area contributed by atoms with E-state index in [-0.39, 0.29) is 23.6 Å². The average molecular weight is 651 g/mol. The van der Waals surface area contributed by atoms with Gasteiger partial charge in [0.1, 0.15) is 11.8 Å². The molecule has 0 radical (unpaired) electrons. The van der Waals surface area contributed by atoms with Gasteiger partial charge in [-0.15, -0.1) is 0 Å². The van der Waals surface area contributed by atoms with Gasteiger partial charge in [0.25, 0.3) is 0 Å². The number of carbonyl (C=O) groups is 4. The monoisotopic (exact) mass is 651 g/mol. The lowest BCUT2D eigenvalue weighted by Crippen LogP contribution is -2.53. The summed E-state index contributed by atoms with van der Waals surface area (Å²) in [5.41, 5.74) is 0. The first-order chi connectivity index (χ1) is 22.4. The minimum atomic E-state index is -1.11. The van der Waals surface area contributed by atoms with E-state index in [0.29, 0.717) is 39.0 Å². The fourth-order valence-corrected chi connectivity index (χ4v) is 6.08. The van der Waals surface area contributed by atoms with Gasteiger partial charge in [-0.25, -0.2) is 0 Å². The van der Waals surface area contributed by atoms with Gasteiger partial charge >= 0.3 is 0 Å². The minimum absolute atomic E-state index is 0.373. The van der Waals surface area contributed by atoms with Crippen molar-refractivity contribution in [3.05, 3.63) is 0 Å². The van der Waals surface area contributed by atoms with Crippen LogP contribution in [0.1, 0.15) is 176 Å². The third-order valence-corrected chi connectivity index (χ3v) is 8.93. The van der Waals surface area contributed by atoms with Gasteiger partial charge in [0.15, 0.2) is 0 Å². The Balaban J connectivity index is 5.98. The summed E-state index contributed by atoms with van der Waals surface area (Å²) in [6.45, 7) is 12.6. The highest BCUT2D eigenvalue weighted by atomic mass is 16.2. The first-order valence-electron chi connectivity index (χ1n) is 19.5. The number of unbranched alkanes of at least 4 members (excludes halogenated alkanes) is 16. The molecule has 0 aliphatic carbocycles. The summed E-state index contributed by atoms with van der Waals surface area (Å²) in [6, 6.07) is 0. The Morgan fingerprint density at radius 2 is 0.587 bits per heavy atom. The van der Waals surface area contributed by atoms with Crippen LogP contribution in [0.3, 0.4) is 0 Å². The van der Waals surface area contributed by atoms with Crippen molar-refractivity contribution in [1.82, 2.24) is 21.3 Å². The number of rotatable bonds is 32. The van der Waals surface area contributed by atoms with E-state index < -0.39 is 17.8 Å². The van der Waals surface area contributed by atoms with Crippen molar-refractivity contribution < 1.29 is 19.2 Å². The molecule has 0 aliphatic heterocycles.